The van der Waals surface area contributed by atoms with E-state index in [1.54, 1.807) is 20.8 Å². The molecule has 0 aromatic rings. The molecule has 0 amide bonds. The van der Waals surface area contributed by atoms with Crippen LogP contribution < -0.4 is 5.32 Å². The molecule has 0 bridgehead atoms. The highest BCUT2D eigenvalue weighted by molar-refractivity contribution is 4.90. The van der Waals surface area contributed by atoms with Crippen LogP contribution in [0.2, 0.25) is 0 Å². The summed E-state index contributed by atoms with van der Waals surface area (Å²) in [5.41, 5.74) is 1.81. The van der Waals surface area contributed by atoms with Gasteiger partial charge >= 0.3 is 0 Å². The lowest BCUT2D eigenvalue weighted by Crippen LogP contribution is -2.55. The summed E-state index contributed by atoms with van der Waals surface area (Å²) in [4.78, 5) is 27.1. The maximum atomic E-state index is 13.9. The first-order valence-electron chi connectivity index (χ1n) is 47.6. The lowest BCUT2D eigenvalue weighted by molar-refractivity contribution is -0.135. The van der Waals surface area contributed by atoms with E-state index in [0.29, 0.717) is 66.4 Å². The first-order valence-corrected chi connectivity index (χ1v) is 47.6. The smallest absolute Gasteiger partial charge is 0.283 e. The largest absolute Gasteiger partial charge is 0.389 e. The fourth-order valence-corrected chi connectivity index (χ4v) is 16.2. The number of halogens is 2. The second kappa shape index (κ2) is 51.5. The highest BCUT2D eigenvalue weighted by atomic mass is 19.3. The normalized spacial score (nSPS) is 22.9. The zero-order valence-electron chi connectivity index (χ0n) is 85.9. The summed E-state index contributed by atoms with van der Waals surface area (Å²) in [7, 11) is 2.27. The fraction of sp³-hybridized carbons (Fsp3) is 1.00. The van der Waals surface area contributed by atoms with Gasteiger partial charge in [0.1, 0.15) is 6.61 Å². The number of alkyl halides is 2. The van der Waals surface area contributed by atoms with E-state index in [1.807, 2.05) is 25.7 Å². The molecular weight excluding hydrogens is 1500 g/mol. The van der Waals surface area contributed by atoms with Crippen LogP contribution in [0.15, 0.2) is 0 Å². The number of hydrogen-bond acceptors (Lipinski definition) is 19. The minimum Gasteiger partial charge on any atom is -0.389 e. The van der Waals surface area contributed by atoms with Gasteiger partial charge < -0.3 is 53.1 Å². The van der Waals surface area contributed by atoms with Gasteiger partial charge in [-0.25, -0.2) is 8.78 Å². The number of likely N-dealkylation sites (tertiary alicyclic amines) is 2. The molecule has 2 N–H and O–H groups in total. The van der Waals surface area contributed by atoms with Crippen molar-refractivity contribution in [1.29, 1.82) is 0 Å². The Morgan fingerprint density at radius 3 is 1.29 bits per heavy atom. The van der Waals surface area contributed by atoms with E-state index in [9.17, 15) is 13.9 Å². The maximum Gasteiger partial charge on any atom is 0.283 e. The van der Waals surface area contributed by atoms with Crippen LogP contribution in [-0.4, -0.2) is 358 Å². The number of aliphatic hydroxyl groups excluding tert-OH is 1. The molecule has 6 aliphatic heterocycles. The topological polar surface area (TPSA) is 123 Å². The summed E-state index contributed by atoms with van der Waals surface area (Å²) < 4.78 is 61.9. The van der Waals surface area contributed by atoms with Crippen molar-refractivity contribution in [3.05, 3.63) is 0 Å². The van der Waals surface area contributed by atoms with Gasteiger partial charge in [-0.1, -0.05) is 83.1 Å². The van der Waals surface area contributed by atoms with Crippen molar-refractivity contribution in [2.24, 2.45) is 33.5 Å². The Morgan fingerprint density at radius 1 is 0.412 bits per heavy atom. The minimum absolute atomic E-state index is 0.0134. The number of aliphatic hydroxyl groups is 1. The number of ether oxygens (including phenoxy) is 6. The average Bonchev–Trinajstić information content (AvgIpc) is 1.85. The van der Waals surface area contributed by atoms with Gasteiger partial charge in [-0.05, 0) is 278 Å². The number of rotatable bonds is 27. The number of β-amino-alcohol motifs (C(OH)–C–C–N with tert-alkyl or cyclic N) is 1. The number of piperazine rings is 4. The molecule has 3 atom stereocenters. The predicted molar refractivity (Wildman–Crippen MR) is 504 cm³/mol. The van der Waals surface area contributed by atoms with Crippen molar-refractivity contribution < 1.29 is 42.3 Å². The van der Waals surface area contributed by atoms with Crippen LogP contribution in [-0.2, 0) is 28.4 Å². The van der Waals surface area contributed by atoms with Crippen LogP contribution in [0.5, 0.6) is 0 Å². The molecular formula is C98H204F2N12O7. The molecule has 6 saturated heterocycles. The third kappa shape index (κ3) is 57.6. The highest BCUT2D eigenvalue weighted by Crippen LogP contribution is 2.39. The van der Waals surface area contributed by atoms with Crippen LogP contribution in [0.25, 0.3) is 0 Å². The molecule has 7 aliphatic rings. The summed E-state index contributed by atoms with van der Waals surface area (Å²) in [5, 5.41) is 13.4. The highest BCUT2D eigenvalue weighted by Gasteiger charge is 2.38. The van der Waals surface area contributed by atoms with Crippen LogP contribution in [0, 0.1) is 33.5 Å². The lowest BCUT2D eigenvalue weighted by atomic mass is 9.71. The molecule has 0 spiro atoms. The molecule has 0 aromatic carbocycles. The first kappa shape index (κ1) is 114. The number of likely N-dealkylation sites (N-methyl/N-ethyl adjacent to an activating group) is 1. The minimum atomic E-state index is -2.78. The van der Waals surface area contributed by atoms with Crippen molar-refractivity contribution in [3.8, 4) is 0 Å². The van der Waals surface area contributed by atoms with Gasteiger partial charge in [-0.3, -0.25) is 39.6 Å². The van der Waals surface area contributed by atoms with Crippen LogP contribution in [0.4, 0.5) is 8.78 Å². The molecule has 6 heterocycles. The van der Waals surface area contributed by atoms with Gasteiger partial charge in [0.25, 0.3) is 5.92 Å². The summed E-state index contributed by atoms with van der Waals surface area (Å²) in [6.07, 6.45) is 11.7. The van der Waals surface area contributed by atoms with E-state index < -0.39 is 18.1 Å². The van der Waals surface area contributed by atoms with E-state index in [0.717, 1.165) is 149 Å². The molecule has 1 saturated carbocycles. The molecule has 712 valence electrons. The molecule has 119 heavy (non-hydrogen) atoms. The van der Waals surface area contributed by atoms with Gasteiger partial charge in [0.15, 0.2) is 0 Å². The summed E-state index contributed by atoms with van der Waals surface area (Å²) in [6, 6.07) is 0.770. The Kier molecular flexibility index (Phi) is 49.4. The Hall–Kier alpha value is -0.900. The quantitative estimate of drug-likeness (QED) is 0.0598. The van der Waals surface area contributed by atoms with Crippen molar-refractivity contribution in [2.45, 2.75) is 376 Å². The van der Waals surface area contributed by atoms with Crippen LogP contribution >= 0.6 is 0 Å². The van der Waals surface area contributed by atoms with Crippen LogP contribution in [0.3, 0.4) is 0 Å². The van der Waals surface area contributed by atoms with E-state index in [2.05, 4.69) is 269 Å². The van der Waals surface area contributed by atoms with E-state index in [4.69, 9.17) is 28.4 Å². The predicted octanol–water partition coefficient (Wildman–Crippen LogP) is 17.6. The number of nitrogens with one attached hydrogen (secondary N) is 1. The van der Waals surface area contributed by atoms with Gasteiger partial charge in [-0.2, -0.15) is 0 Å². The van der Waals surface area contributed by atoms with Gasteiger partial charge in [0.05, 0.1) is 67.7 Å². The molecule has 19 nitrogen and oxygen atoms in total. The zero-order chi connectivity index (χ0) is 91.1. The van der Waals surface area contributed by atoms with E-state index in [1.165, 1.54) is 104 Å². The number of nitrogens with zero attached hydrogens (tertiary/aromatic N) is 11. The second-order valence-corrected chi connectivity index (χ2v) is 49.2. The Balaban J connectivity index is 0.000000484. The molecule has 7 fully saturated rings. The van der Waals surface area contributed by atoms with Gasteiger partial charge in [-0.15, -0.1) is 0 Å². The van der Waals surface area contributed by atoms with Crippen LogP contribution in [0.1, 0.15) is 307 Å². The molecule has 0 radical (unpaired) electrons. The fourth-order valence-electron chi connectivity index (χ4n) is 16.2. The van der Waals surface area contributed by atoms with Crippen molar-refractivity contribution in [3.63, 3.8) is 0 Å². The third-order valence-electron chi connectivity index (χ3n) is 23.6. The third-order valence-corrected chi connectivity index (χ3v) is 23.6. The lowest BCUT2D eigenvalue weighted by Gasteiger charge is -2.43. The molecule has 3 unspecified atom stereocenters. The maximum absolute atomic E-state index is 13.9. The summed E-state index contributed by atoms with van der Waals surface area (Å²) in [6.45, 7) is 111. The zero-order valence-corrected chi connectivity index (χ0v) is 85.9. The Labute approximate surface area is 737 Å². The molecule has 7 rings (SSSR count). The second-order valence-electron chi connectivity index (χ2n) is 49.2. The summed E-state index contributed by atoms with van der Waals surface area (Å²) in [5.74, 6) is -0.977. The monoisotopic (exact) mass is 1700 g/mol. The molecule has 21 heteroatoms. The van der Waals surface area contributed by atoms with Crippen molar-refractivity contribution in [1.82, 2.24) is 59.2 Å². The van der Waals surface area contributed by atoms with E-state index in [-0.39, 0.29) is 45.9 Å². The molecule has 0 aromatic heterocycles. The SMILES string of the molecule is CC(C)(C)CCOC1CCCN(CCCOC(C)(C)C)C1.CC(C)(C)CN1CCC(CN2CCN(C(C)(C)C)CC2)C1.CC(C)(C)OCC(F)(F)CN1CCN(C(C)(C)C)CC1.CC(C)(C)OCC(O)CN1CCN(C(C)(C)C)CC1.CC(C)(C)OCNCN1CCN(C(C)(C)C)CC1.CN(CCOCC(C)(C)C)C1CCC(C(C)(C)C)CC1. The summed E-state index contributed by atoms with van der Waals surface area (Å²) >= 11 is 0. The van der Waals surface area contributed by atoms with Gasteiger partial charge in [0, 0.05) is 199 Å². The average molecular weight is 1700 g/mol. The Morgan fingerprint density at radius 2 is 0.866 bits per heavy atom. The van der Waals surface area contributed by atoms with Crippen molar-refractivity contribution >= 4 is 0 Å². The van der Waals surface area contributed by atoms with E-state index >= 15 is 0 Å². The first-order chi connectivity index (χ1) is 54.0. The molecule has 1 aliphatic carbocycles. The number of piperidine rings is 1. The Bertz CT molecular complexity index is 2580. The van der Waals surface area contributed by atoms with Gasteiger partial charge in [0.2, 0.25) is 0 Å². The van der Waals surface area contributed by atoms with Crippen molar-refractivity contribution in [2.75, 3.05) is 230 Å². The number of hydrogen-bond donors (Lipinski definition) is 2. The standard InChI is InChI=1S/C18H37N3.C18H37NO2.C18H37NO.C15H30F2N2O.C15H32N2O2.C14H31N3O/c1-17(2,3)15-20-8-7-16(14-20)13-19-9-11-21(12-10-19)18(4,5)6;1-17(2,3)10-14-20-16-9-7-11-19(15-16)12-8-13-21-18(4,5)6;1-17(2,3)14-20-13-12-19(7)16-10-8-15(9-11-16)18(4,5)6;1-13(2,3)19-9-7-18(8-10-19)11-15(16,17)12-20-14(4,5)6;1-14(2,3)17-9-7-16(8-10-17)11-13(18)12-19-15(4,5)6;1-13(2,3)17-9-7-16(8-10-17)11-15-12-18-14(4,5)6/h2*16H,7-15H2,1-6H3;15-16H,8-14H2,1-7H3;7-12H2,1-6H3;13,18H,7-12H2,1-6H3;15H,7-12H2,1-6H3.